The fraction of sp³-hybridized carbons (Fsp3) is 0. The van der Waals surface area contributed by atoms with Crippen LogP contribution >= 0.6 is 0 Å². The summed E-state index contributed by atoms with van der Waals surface area (Å²) in [7, 11) is -9.13. The largest absolute Gasteiger partial charge is 0.398 e. The lowest BCUT2D eigenvalue weighted by atomic mass is 10.1. The molecule has 0 amide bonds. The normalized spacial score (nSPS) is 12.6. The SMILES string of the molecule is Nc1ccc(/N=N/c2ccc(/N=N/c3ccccc3)cc2S(=O)(=O)O)c2ccc(S(=O)(=O)O)cc12. The summed E-state index contributed by atoms with van der Waals surface area (Å²) in [5.41, 5.74) is 6.96. The highest BCUT2D eigenvalue weighted by atomic mass is 32.2. The summed E-state index contributed by atoms with van der Waals surface area (Å²) in [6.07, 6.45) is 0. The van der Waals surface area contributed by atoms with E-state index in [4.69, 9.17) is 5.73 Å². The minimum Gasteiger partial charge on any atom is -0.398 e. The fourth-order valence-corrected chi connectivity index (χ4v) is 4.30. The Balaban J connectivity index is 1.74. The van der Waals surface area contributed by atoms with E-state index in [0.29, 0.717) is 16.5 Å². The molecule has 4 aromatic carbocycles. The van der Waals surface area contributed by atoms with Crippen LogP contribution in [0.2, 0.25) is 0 Å². The lowest BCUT2D eigenvalue weighted by Gasteiger charge is -2.07. The molecule has 0 aromatic heterocycles. The Kier molecular flexibility index (Phi) is 6.41. The Bertz CT molecular complexity index is 1700. The summed E-state index contributed by atoms with van der Waals surface area (Å²) in [5, 5.41) is 16.7. The zero-order valence-corrected chi connectivity index (χ0v) is 19.3. The van der Waals surface area contributed by atoms with Gasteiger partial charge in [0, 0.05) is 16.5 Å². The number of rotatable bonds is 6. The van der Waals surface area contributed by atoms with Gasteiger partial charge in [0.05, 0.1) is 22.0 Å². The van der Waals surface area contributed by atoms with E-state index in [1.807, 2.05) is 6.07 Å². The number of nitrogens with two attached hydrogens (primary N) is 1. The molecule has 0 spiro atoms. The van der Waals surface area contributed by atoms with Crippen LogP contribution in [0.3, 0.4) is 0 Å². The van der Waals surface area contributed by atoms with E-state index in [1.54, 1.807) is 24.3 Å². The van der Waals surface area contributed by atoms with Crippen molar-refractivity contribution >= 4 is 59.4 Å². The molecular formula is C22H17N5O6S2. The second kappa shape index (κ2) is 9.31. The maximum Gasteiger partial charge on any atom is 0.296 e. The van der Waals surface area contributed by atoms with Crippen molar-refractivity contribution in [3.63, 3.8) is 0 Å². The highest BCUT2D eigenvalue weighted by molar-refractivity contribution is 7.86. The lowest BCUT2D eigenvalue weighted by Crippen LogP contribution is -1.98. The number of hydrogen-bond acceptors (Lipinski definition) is 9. The molecular weight excluding hydrogens is 494 g/mol. The second-order valence-electron chi connectivity index (χ2n) is 7.22. The molecule has 0 saturated heterocycles. The van der Waals surface area contributed by atoms with Gasteiger partial charge in [-0.15, -0.1) is 10.2 Å². The summed E-state index contributed by atoms with van der Waals surface area (Å²) >= 11 is 0. The van der Waals surface area contributed by atoms with E-state index >= 15 is 0 Å². The van der Waals surface area contributed by atoms with E-state index in [-0.39, 0.29) is 27.6 Å². The molecule has 4 N–H and O–H groups in total. The third-order valence-electron chi connectivity index (χ3n) is 4.82. The standard InChI is InChI=1S/C22H17N5O6S2/c23-19-9-11-20(17-8-7-16(13-18(17)19)34(28,29)30)26-27-21-10-6-15(12-22(21)35(31,32)33)25-24-14-4-2-1-3-5-14/h1-13H,23H2,(H,28,29,30)(H,31,32,33)/b25-24+,27-26+. The zero-order valence-electron chi connectivity index (χ0n) is 17.7. The van der Waals surface area contributed by atoms with Gasteiger partial charge in [-0.1, -0.05) is 24.3 Å². The summed E-state index contributed by atoms with van der Waals surface area (Å²) < 4.78 is 65.8. The van der Waals surface area contributed by atoms with Crippen LogP contribution in [0, 0.1) is 0 Å². The monoisotopic (exact) mass is 511 g/mol. The molecule has 178 valence electrons. The number of nitrogen functional groups attached to an aromatic ring is 1. The second-order valence-corrected chi connectivity index (χ2v) is 10.0. The van der Waals surface area contributed by atoms with Crippen molar-refractivity contribution in [3.8, 4) is 0 Å². The van der Waals surface area contributed by atoms with Crippen LogP contribution in [0.5, 0.6) is 0 Å². The predicted molar refractivity (Wildman–Crippen MR) is 129 cm³/mol. The van der Waals surface area contributed by atoms with Crippen molar-refractivity contribution < 1.29 is 25.9 Å². The molecule has 4 rings (SSSR count). The number of benzene rings is 4. The van der Waals surface area contributed by atoms with Crippen LogP contribution in [0.1, 0.15) is 0 Å². The Hall–Kier alpha value is -4.04. The first-order valence-electron chi connectivity index (χ1n) is 9.82. The van der Waals surface area contributed by atoms with Gasteiger partial charge in [0.15, 0.2) is 0 Å². The molecule has 0 radical (unpaired) electrons. The number of hydrogen-bond donors (Lipinski definition) is 3. The molecule has 0 fully saturated rings. The molecule has 0 unspecified atom stereocenters. The topological polar surface area (TPSA) is 184 Å². The van der Waals surface area contributed by atoms with Crippen LogP contribution in [0.15, 0.2) is 109 Å². The average Bonchev–Trinajstić information content (AvgIpc) is 2.82. The van der Waals surface area contributed by atoms with E-state index in [9.17, 15) is 25.9 Å². The van der Waals surface area contributed by atoms with Gasteiger partial charge in [0.2, 0.25) is 0 Å². The number of anilines is 1. The number of fused-ring (bicyclic) bond motifs is 1. The molecule has 4 aromatic rings. The summed E-state index contributed by atoms with van der Waals surface area (Å²) in [6.45, 7) is 0. The van der Waals surface area contributed by atoms with Gasteiger partial charge in [-0.3, -0.25) is 9.11 Å². The van der Waals surface area contributed by atoms with Gasteiger partial charge < -0.3 is 5.73 Å². The molecule has 11 nitrogen and oxygen atoms in total. The molecule has 0 aliphatic heterocycles. The average molecular weight is 512 g/mol. The van der Waals surface area contributed by atoms with E-state index in [2.05, 4.69) is 20.5 Å². The molecule has 0 heterocycles. The molecule has 0 bridgehead atoms. The van der Waals surface area contributed by atoms with Crippen molar-refractivity contribution in [1.29, 1.82) is 0 Å². The Morgan fingerprint density at radius 2 is 1.26 bits per heavy atom. The van der Waals surface area contributed by atoms with Crippen LogP contribution in [-0.2, 0) is 20.2 Å². The van der Waals surface area contributed by atoms with Gasteiger partial charge in [-0.05, 0) is 54.6 Å². The van der Waals surface area contributed by atoms with Crippen molar-refractivity contribution in [2.45, 2.75) is 9.79 Å². The molecule has 0 aliphatic rings. The maximum atomic E-state index is 12.0. The van der Waals surface area contributed by atoms with Gasteiger partial charge in [-0.2, -0.15) is 27.1 Å². The summed E-state index contributed by atoms with van der Waals surface area (Å²) in [5.74, 6) is 0. The summed E-state index contributed by atoms with van der Waals surface area (Å²) in [6, 6.07) is 19.4. The molecule has 0 saturated carbocycles. The third kappa shape index (κ3) is 5.55. The molecule has 0 atom stereocenters. The Morgan fingerprint density at radius 1 is 0.600 bits per heavy atom. The van der Waals surface area contributed by atoms with Crippen LogP contribution in [0.4, 0.5) is 28.4 Å². The summed E-state index contributed by atoms with van der Waals surface area (Å²) in [4.78, 5) is -0.876. The van der Waals surface area contributed by atoms with E-state index in [0.717, 1.165) is 6.07 Å². The molecule has 0 aliphatic carbocycles. The first-order chi connectivity index (χ1) is 16.5. The predicted octanol–water partition coefficient (Wildman–Crippen LogP) is 5.75. The molecule has 13 heteroatoms. The zero-order chi connectivity index (χ0) is 25.2. The lowest BCUT2D eigenvalue weighted by molar-refractivity contribution is 0.481. The van der Waals surface area contributed by atoms with Crippen molar-refractivity contribution in [3.05, 3.63) is 78.9 Å². The minimum atomic E-state index is -4.68. The highest BCUT2D eigenvalue weighted by Crippen LogP contribution is 2.35. The van der Waals surface area contributed by atoms with E-state index in [1.165, 1.54) is 42.5 Å². The van der Waals surface area contributed by atoms with Gasteiger partial charge in [-0.25, -0.2) is 0 Å². The number of nitrogens with zero attached hydrogens (tertiary/aromatic N) is 4. The smallest absolute Gasteiger partial charge is 0.296 e. The first kappa shape index (κ1) is 24.1. The van der Waals surface area contributed by atoms with Crippen molar-refractivity contribution in [1.82, 2.24) is 0 Å². The van der Waals surface area contributed by atoms with Gasteiger partial charge >= 0.3 is 0 Å². The van der Waals surface area contributed by atoms with Crippen molar-refractivity contribution in [2.75, 3.05) is 5.73 Å². The minimum absolute atomic E-state index is 0.161. The van der Waals surface area contributed by atoms with Crippen molar-refractivity contribution in [2.24, 2.45) is 20.5 Å². The quantitative estimate of drug-likeness (QED) is 0.167. The first-order valence-corrected chi connectivity index (χ1v) is 12.7. The Morgan fingerprint density at radius 3 is 1.94 bits per heavy atom. The highest BCUT2D eigenvalue weighted by Gasteiger charge is 2.17. The Labute approximate surface area is 200 Å². The van der Waals surface area contributed by atoms with E-state index < -0.39 is 25.1 Å². The van der Waals surface area contributed by atoms with Gasteiger partial charge in [0.25, 0.3) is 20.2 Å². The molecule has 35 heavy (non-hydrogen) atoms. The van der Waals surface area contributed by atoms with Gasteiger partial charge in [0.1, 0.15) is 10.6 Å². The maximum absolute atomic E-state index is 12.0. The fourth-order valence-electron chi connectivity index (χ4n) is 3.15. The number of azo groups is 2. The van der Waals surface area contributed by atoms with Crippen LogP contribution in [0.25, 0.3) is 10.8 Å². The third-order valence-corrected chi connectivity index (χ3v) is 6.55. The van der Waals surface area contributed by atoms with Crippen LogP contribution < -0.4 is 5.73 Å². The van der Waals surface area contributed by atoms with Crippen LogP contribution in [-0.4, -0.2) is 25.9 Å².